The molecule has 5 amide bonds. The van der Waals surface area contributed by atoms with E-state index < -0.39 is 82.6 Å². The number of fused-ring (bicyclic) bond motifs is 4. The Morgan fingerprint density at radius 3 is 2.35 bits per heavy atom. The number of ether oxygens (including phenoxy) is 2. The second kappa shape index (κ2) is 9.68. The molecule has 10 nitrogen and oxygen atoms in total. The van der Waals surface area contributed by atoms with Crippen LogP contribution in [0.25, 0.3) is 0 Å². The minimum atomic E-state index is -5.05. The van der Waals surface area contributed by atoms with Gasteiger partial charge >= 0.3 is 12.5 Å². The van der Waals surface area contributed by atoms with Gasteiger partial charge in [-0.15, -0.1) is 13.2 Å². The highest BCUT2D eigenvalue weighted by Crippen LogP contribution is 2.64. The third-order valence-corrected chi connectivity index (χ3v) is 9.19. The lowest BCUT2D eigenvalue weighted by Gasteiger charge is -2.49. The lowest BCUT2D eigenvalue weighted by molar-refractivity contribution is -0.274. The van der Waals surface area contributed by atoms with Gasteiger partial charge in [0.2, 0.25) is 23.6 Å². The summed E-state index contributed by atoms with van der Waals surface area (Å²) in [5.74, 6) is -9.08. The van der Waals surface area contributed by atoms with Crippen LogP contribution in [0.15, 0.2) is 60.2 Å². The van der Waals surface area contributed by atoms with Crippen LogP contribution >= 0.6 is 0 Å². The zero-order valence-corrected chi connectivity index (χ0v) is 22.8. The molecule has 224 valence electrons. The molecule has 0 radical (unpaired) electrons. The average molecular weight is 599 g/mol. The molecule has 0 aromatic heterocycles. The number of hydrogen-bond acceptors (Lipinski definition) is 8. The first-order valence-electron chi connectivity index (χ1n) is 13.5. The van der Waals surface area contributed by atoms with E-state index in [4.69, 9.17) is 0 Å². The van der Waals surface area contributed by atoms with Crippen molar-refractivity contribution < 1.29 is 51.7 Å². The van der Waals surface area contributed by atoms with Crippen LogP contribution < -0.4 is 9.64 Å². The lowest BCUT2D eigenvalue weighted by Crippen LogP contribution is -2.49. The molecule has 2 saturated heterocycles. The number of allylic oxidation sites excluding steroid dienone is 2. The van der Waals surface area contributed by atoms with Gasteiger partial charge in [-0.05, 0) is 56.0 Å². The third-order valence-electron chi connectivity index (χ3n) is 9.19. The van der Waals surface area contributed by atoms with Crippen molar-refractivity contribution in [2.75, 3.05) is 12.0 Å². The van der Waals surface area contributed by atoms with Crippen molar-refractivity contribution in [3.05, 3.63) is 65.7 Å². The summed E-state index contributed by atoms with van der Waals surface area (Å²) in [5.41, 5.74) is -1.03. The van der Waals surface area contributed by atoms with Gasteiger partial charge in [0.05, 0.1) is 36.0 Å². The number of carbonyl (C=O) groups is 5. The maximum absolute atomic E-state index is 14.3. The Morgan fingerprint density at radius 1 is 1.00 bits per heavy atom. The number of nitrogens with zero attached hydrogens (tertiary/aromatic N) is 2. The summed E-state index contributed by atoms with van der Waals surface area (Å²) >= 11 is 0. The van der Waals surface area contributed by atoms with Crippen molar-refractivity contribution >= 4 is 35.4 Å². The van der Waals surface area contributed by atoms with E-state index in [0.717, 1.165) is 30.2 Å². The number of phenolic OH excluding ortho intramolecular Hbond substituents is 1. The van der Waals surface area contributed by atoms with Crippen molar-refractivity contribution in [3.63, 3.8) is 0 Å². The van der Waals surface area contributed by atoms with Gasteiger partial charge in [-0.2, -0.15) is 4.90 Å². The van der Waals surface area contributed by atoms with E-state index in [-0.39, 0.29) is 24.1 Å². The number of alkyl halides is 3. The number of likely N-dealkylation sites (tertiary alicyclic amines) is 1. The number of hydrogen-bond donors (Lipinski definition) is 1. The minimum absolute atomic E-state index is 0.0180. The molecule has 43 heavy (non-hydrogen) atoms. The molecule has 3 fully saturated rings. The number of aromatic hydroxyl groups is 1. The van der Waals surface area contributed by atoms with Crippen molar-refractivity contribution in [1.29, 1.82) is 0 Å². The summed E-state index contributed by atoms with van der Waals surface area (Å²) in [6.07, 6.45) is -4.65. The normalized spacial score (nSPS) is 30.1. The predicted molar refractivity (Wildman–Crippen MR) is 140 cm³/mol. The Kier molecular flexibility index (Phi) is 6.40. The van der Waals surface area contributed by atoms with Crippen molar-refractivity contribution in [2.24, 2.45) is 29.1 Å². The molecule has 6 rings (SSSR count). The van der Waals surface area contributed by atoms with Gasteiger partial charge in [0.1, 0.15) is 11.5 Å². The number of carbonyl (C=O) groups excluding carboxylic acids is 5. The number of anilines is 1. The van der Waals surface area contributed by atoms with Gasteiger partial charge in [-0.25, -0.2) is 9.69 Å². The number of phenols is 1. The van der Waals surface area contributed by atoms with Crippen molar-refractivity contribution in [3.8, 4) is 11.5 Å². The van der Waals surface area contributed by atoms with Crippen LogP contribution in [0.5, 0.6) is 11.5 Å². The highest BCUT2D eigenvalue weighted by molar-refractivity contribution is 6.24. The smallest absolute Gasteiger partial charge is 0.508 e. The fourth-order valence-corrected chi connectivity index (χ4v) is 7.41. The van der Waals surface area contributed by atoms with Crippen LogP contribution in [0.3, 0.4) is 0 Å². The molecule has 13 heteroatoms. The summed E-state index contributed by atoms with van der Waals surface area (Å²) in [6.45, 7) is 1.52. The zero-order valence-electron chi connectivity index (χ0n) is 22.8. The van der Waals surface area contributed by atoms with Crippen LogP contribution in [-0.2, 0) is 23.9 Å². The number of halogens is 3. The molecule has 2 aliphatic carbocycles. The van der Waals surface area contributed by atoms with Gasteiger partial charge < -0.3 is 14.6 Å². The molecule has 1 N–H and O–H groups in total. The average Bonchev–Trinajstić information content (AvgIpc) is 3.33. The van der Waals surface area contributed by atoms with E-state index in [1.807, 2.05) is 0 Å². The van der Waals surface area contributed by atoms with E-state index in [1.54, 1.807) is 36.4 Å². The monoisotopic (exact) mass is 598 g/mol. The summed E-state index contributed by atoms with van der Waals surface area (Å²) in [7, 11) is 1.02. The van der Waals surface area contributed by atoms with Gasteiger partial charge in [0, 0.05) is 11.5 Å². The predicted octanol–water partition coefficient (Wildman–Crippen LogP) is 4.29. The second-order valence-electron chi connectivity index (χ2n) is 11.2. The first kappa shape index (κ1) is 28.4. The van der Waals surface area contributed by atoms with E-state index >= 15 is 0 Å². The molecule has 2 heterocycles. The molecule has 2 aromatic carbocycles. The first-order valence-corrected chi connectivity index (χ1v) is 13.5. The number of rotatable bonds is 3. The minimum Gasteiger partial charge on any atom is -0.508 e. The molecule has 6 unspecified atom stereocenters. The SMILES string of the molecule is COC(=O)N1C(=O)C2CC=C3C(CC4C(=O)N(c5ccccc5)C(=O)C4(C)C3c3cc(OC(F)(F)F)ccc3O)C2C1=O. The van der Waals surface area contributed by atoms with Crippen LogP contribution in [0.2, 0.25) is 0 Å². The summed E-state index contributed by atoms with van der Waals surface area (Å²) in [5, 5.41) is 11.0. The third kappa shape index (κ3) is 4.12. The molecule has 0 bridgehead atoms. The summed E-state index contributed by atoms with van der Waals surface area (Å²) in [6, 6.07) is 11.0. The van der Waals surface area contributed by atoms with E-state index in [1.165, 1.54) is 6.92 Å². The molecule has 4 aliphatic rings. The highest BCUT2D eigenvalue weighted by atomic mass is 19.4. The summed E-state index contributed by atoms with van der Waals surface area (Å²) in [4.78, 5) is 68.8. The largest absolute Gasteiger partial charge is 0.573 e. The molecule has 6 atom stereocenters. The fraction of sp³-hybridized carbons (Fsp3) is 0.367. The van der Waals surface area contributed by atoms with Crippen LogP contribution in [0.1, 0.15) is 31.2 Å². The Labute approximate surface area is 242 Å². The standard InChI is InChI=1S/C30H25F3N2O8/c1-29-20(25(38)34(27(29)40)14-6-4-3-5-7-14)13-18-16(9-10-17-22(18)26(39)35(24(17)37)28(41)42-2)23(29)19-12-15(8-11-21(19)36)43-30(31,32)33/h3-9,11-12,17-18,20,22-23,36H,10,13H2,1-2H3. The quantitative estimate of drug-likeness (QED) is 0.409. The number of methoxy groups -OCH3 is 1. The first-order chi connectivity index (χ1) is 20.3. The Morgan fingerprint density at radius 2 is 1.70 bits per heavy atom. The van der Waals surface area contributed by atoms with Gasteiger partial charge in [-0.1, -0.05) is 29.8 Å². The molecule has 2 aliphatic heterocycles. The van der Waals surface area contributed by atoms with Crippen molar-refractivity contribution in [1.82, 2.24) is 4.90 Å². The number of benzene rings is 2. The van der Waals surface area contributed by atoms with Gasteiger partial charge in [0.25, 0.3) is 0 Å². The van der Waals surface area contributed by atoms with Crippen LogP contribution in [0, 0.1) is 29.1 Å². The Bertz CT molecular complexity index is 1610. The van der Waals surface area contributed by atoms with Gasteiger partial charge in [0.15, 0.2) is 0 Å². The maximum Gasteiger partial charge on any atom is 0.573 e. The maximum atomic E-state index is 14.3. The molecular formula is C30H25F3N2O8. The highest BCUT2D eigenvalue weighted by Gasteiger charge is 2.68. The number of para-hydroxylation sites is 1. The molecule has 0 spiro atoms. The Balaban J connectivity index is 1.54. The fourth-order valence-electron chi connectivity index (χ4n) is 7.41. The molecule has 2 aromatic rings. The van der Waals surface area contributed by atoms with E-state index in [2.05, 4.69) is 9.47 Å². The molecular weight excluding hydrogens is 573 g/mol. The van der Waals surface area contributed by atoms with E-state index in [0.29, 0.717) is 10.5 Å². The van der Waals surface area contributed by atoms with Gasteiger partial charge in [-0.3, -0.25) is 19.2 Å². The number of amides is 5. The number of imide groups is 4. The van der Waals surface area contributed by atoms with Crippen LogP contribution in [0.4, 0.5) is 23.7 Å². The zero-order chi connectivity index (χ0) is 31.0. The Hall–Kier alpha value is -4.68. The topological polar surface area (TPSA) is 131 Å². The summed E-state index contributed by atoms with van der Waals surface area (Å²) < 4.78 is 48.3. The van der Waals surface area contributed by atoms with E-state index in [9.17, 15) is 42.3 Å². The van der Waals surface area contributed by atoms with Crippen molar-refractivity contribution in [2.45, 2.75) is 32.0 Å². The van der Waals surface area contributed by atoms with Crippen LogP contribution in [-0.4, -0.2) is 53.2 Å². The second-order valence-corrected chi connectivity index (χ2v) is 11.2. The lowest BCUT2D eigenvalue weighted by atomic mass is 9.51. The molecule has 1 saturated carbocycles.